The summed E-state index contributed by atoms with van der Waals surface area (Å²) in [6.45, 7) is 2.33. The summed E-state index contributed by atoms with van der Waals surface area (Å²) in [5.74, 6) is -1.20. The van der Waals surface area contributed by atoms with Crippen LogP contribution in [0.25, 0.3) is 10.9 Å². The number of hydrogen-bond donors (Lipinski definition) is 3. The highest BCUT2D eigenvalue weighted by Crippen LogP contribution is 2.29. The third kappa shape index (κ3) is 3.43. The molecule has 1 saturated heterocycles. The number of benzene rings is 2. The summed E-state index contributed by atoms with van der Waals surface area (Å²) in [7, 11) is 0. The van der Waals surface area contributed by atoms with Crippen LogP contribution in [-0.2, 0) is 27.3 Å². The lowest BCUT2D eigenvalue weighted by Crippen LogP contribution is -2.52. The average Bonchev–Trinajstić information content (AvgIpc) is 3.30. The molecule has 1 aromatic heterocycles. The van der Waals surface area contributed by atoms with Gasteiger partial charge in [-0.25, -0.2) is 0 Å². The number of nitrogens with one attached hydrogen (secondary N) is 3. The average molecular weight is 430 g/mol. The molecule has 0 saturated carbocycles. The van der Waals surface area contributed by atoms with Crippen molar-refractivity contribution in [2.75, 3.05) is 5.32 Å². The number of fused-ring (bicyclic) bond motifs is 2. The molecule has 1 atom stereocenters. The molecule has 8 heteroatoms. The lowest BCUT2D eigenvalue weighted by Gasteiger charge is -2.29. The summed E-state index contributed by atoms with van der Waals surface area (Å²) >= 11 is 0. The Hall–Kier alpha value is -3.94. The van der Waals surface area contributed by atoms with E-state index in [1.165, 1.54) is 4.90 Å². The molecular weight excluding hydrogens is 408 g/mol. The molecule has 5 rings (SSSR count). The zero-order valence-electron chi connectivity index (χ0n) is 17.5. The third-order valence-electron chi connectivity index (χ3n) is 6.17. The van der Waals surface area contributed by atoms with E-state index in [1.54, 1.807) is 18.2 Å². The van der Waals surface area contributed by atoms with Crippen LogP contribution in [0, 0.1) is 6.92 Å². The second kappa shape index (κ2) is 7.64. The number of H-pyrrole nitrogens is 1. The summed E-state index contributed by atoms with van der Waals surface area (Å²) in [5.41, 5.74) is 4.84. The second-order valence-electron chi connectivity index (χ2n) is 8.31. The van der Waals surface area contributed by atoms with Crippen LogP contribution in [0.2, 0.25) is 0 Å². The van der Waals surface area contributed by atoms with Crippen molar-refractivity contribution in [1.82, 2.24) is 15.2 Å². The highest BCUT2D eigenvalue weighted by atomic mass is 16.2. The number of hydrogen-bond acceptors (Lipinski definition) is 4. The molecule has 8 nitrogen and oxygen atoms in total. The summed E-state index contributed by atoms with van der Waals surface area (Å²) in [6, 6.07) is 10.5. The van der Waals surface area contributed by atoms with Crippen LogP contribution in [-0.4, -0.2) is 39.6 Å². The number of imide groups is 1. The van der Waals surface area contributed by atoms with Crippen LogP contribution in [0.1, 0.15) is 39.9 Å². The number of para-hydroxylation sites is 1. The fourth-order valence-corrected chi connectivity index (χ4v) is 4.52. The molecule has 4 amide bonds. The van der Waals surface area contributed by atoms with Crippen LogP contribution in [0.4, 0.5) is 5.69 Å². The first-order chi connectivity index (χ1) is 15.4. The number of nitrogens with zero attached hydrogens (tertiary/aromatic N) is 1. The normalized spacial score (nSPS) is 18.1. The van der Waals surface area contributed by atoms with Crippen LogP contribution < -0.4 is 10.6 Å². The smallest absolute Gasteiger partial charge is 0.255 e. The Kier molecular flexibility index (Phi) is 4.77. The lowest BCUT2D eigenvalue weighted by molar-refractivity contribution is -0.137. The first kappa shape index (κ1) is 20.0. The van der Waals surface area contributed by atoms with Crippen LogP contribution >= 0.6 is 0 Å². The number of carbonyl (C=O) groups is 4. The minimum Gasteiger partial charge on any atom is -0.361 e. The molecule has 3 aromatic rings. The number of aromatic nitrogens is 1. The van der Waals surface area contributed by atoms with Gasteiger partial charge in [0.2, 0.25) is 17.7 Å². The lowest BCUT2D eigenvalue weighted by atomic mass is 10.0. The van der Waals surface area contributed by atoms with Crippen molar-refractivity contribution in [2.24, 2.45) is 0 Å². The van der Waals surface area contributed by atoms with E-state index in [1.807, 2.05) is 31.3 Å². The zero-order chi connectivity index (χ0) is 22.4. The Morgan fingerprint density at radius 2 is 2.03 bits per heavy atom. The van der Waals surface area contributed by atoms with Gasteiger partial charge in [0, 0.05) is 41.3 Å². The maximum Gasteiger partial charge on any atom is 0.255 e. The van der Waals surface area contributed by atoms with Gasteiger partial charge >= 0.3 is 0 Å². The van der Waals surface area contributed by atoms with Gasteiger partial charge in [0.15, 0.2) is 0 Å². The van der Waals surface area contributed by atoms with Gasteiger partial charge in [-0.2, -0.15) is 0 Å². The highest BCUT2D eigenvalue weighted by molar-refractivity contribution is 6.06. The molecule has 0 aliphatic carbocycles. The van der Waals surface area contributed by atoms with Crippen molar-refractivity contribution in [1.29, 1.82) is 0 Å². The molecule has 0 radical (unpaired) electrons. The summed E-state index contributed by atoms with van der Waals surface area (Å²) < 4.78 is 0. The van der Waals surface area contributed by atoms with E-state index in [2.05, 4.69) is 15.6 Å². The minimum absolute atomic E-state index is 0.181. The first-order valence-corrected chi connectivity index (χ1v) is 10.5. The molecule has 3 N–H and O–H groups in total. The van der Waals surface area contributed by atoms with E-state index < -0.39 is 11.9 Å². The predicted molar refractivity (Wildman–Crippen MR) is 118 cm³/mol. The highest BCUT2D eigenvalue weighted by Gasteiger charge is 2.39. The Labute approximate surface area is 184 Å². The SMILES string of the molecule is Cc1cccc2c(CC(=O)Nc3ccc4c(c3)C(=O)N(C3CCC(=O)NC3=O)C4)c[nH]c12. The van der Waals surface area contributed by atoms with E-state index in [0.717, 1.165) is 27.6 Å². The van der Waals surface area contributed by atoms with Gasteiger partial charge in [0.1, 0.15) is 6.04 Å². The van der Waals surface area contributed by atoms with Crippen molar-refractivity contribution in [3.63, 3.8) is 0 Å². The van der Waals surface area contributed by atoms with Gasteiger partial charge in [-0.3, -0.25) is 24.5 Å². The fourth-order valence-electron chi connectivity index (χ4n) is 4.52. The Morgan fingerprint density at radius 3 is 2.84 bits per heavy atom. The van der Waals surface area contributed by atoms with Crippen LogP contribution in [0.5, 0.6) is 0 Å². The van der Waals surface area contributed by atoms with E-state index >= 15 is 0 Å². The largest absolute Gasteiger partial charge is 0.361 e. The molecule has 2 aliphatic rings. The maximum atomic E-state index is 12.9. The van der Waals surface area contributed by atoms with Crippen molar-refractivity contribution in [3.05, 3.63) is 64.8 Å². The quantitative estimate of drug-likeness (QED) is 0.552. The molecule has 1 unspecified atom stereocenters. The van der Waals surface area contributed by atoms with E-state index in [-0.39, 0.29) is 30.6 Å². The molecule has 3 heterocycles. The van der Waals surface area contributed by atoms with E-state index in [4.69, 9.17) is 0 Å². The van der Waals surface area contributed by atoms with Gasteiger partial charge in [-0.1, -0.05) is 24.3 Å². The topological polar surface area (TPSA) is 111 Å². The molecule has 1 fully saturated rings. The van der Waals surface area contributed by atoms with Crippen LogP contribution in [0.15, 0.2) is 42.6 Å². The third-order valence-corrected chi connectivity index (χ3v) is 6.17. The zero-order valence-corrected chi connectivity index (χ0v) is 17.5. The molecule has 2 aromatic carbocycles. The monoisotopic (exact) mass is 430 g/mol. The number of piperidine rings is 1. The Bertz CT molecular complexity index is 1290. The number of aryl methyl sites for hydroxylation is 1. The second-order valence-corrected chi connectivity index (χ2v) is 8.31. The standard InChI is InChI=1S/C24H22N4O4/c1-13-3-2-4-17-15(11-25-22(13)17)9-21(30)26-16-6-5-14-12-28(24(32)18(14)10-16)19-7-8-20(29)27-23(19)31/h2-6,10-11,19,25H,7-9,12H2,1H3,(H,26,30)(H,27,29,31). The van der Waals surface area contributed by atoms with Crippen molar-refractivity contribution >= 4 is 40.2 Å². The number of amides is 4. The van der Waals surface area contributed by atoms with Crippen molar-refractivity contribution < 1.29 is 19.2 Å². The van der Waals surface area contributed by atoms with Gasteiger partial charge < -0.3 is 15.2 Å². The first-order valence-electron chi connectivity index (χ1n) is 10.5. The Morgan fingerprint density at radius 1 is 1.19 bits per heavy atom. The van der Waals surface area contributed by atoms with Gasteiger partial charge in [-0.05, 0) is 42.2 Å². The van der Waals surface area contributed by atoms with Gasteiger partial charge in [-0.15, -0.1) is 0 Å². The van der Waals surface area contributed by atoms with E-state index in [9.17, 15) is 19.2 Å². The molecule has 162 valence electrons. The molecule has 2 aliphatic heterocycles. The molecule has 32 heavy (non-hydrogen) atoms. The molecule has 0 spiro atoms. The molecular formula is C24H22N4O4. The van der Waals surface area contributed by atoms with Gasteiger partial charge in [0.25, 0.3) is 5.91 Å². The molecule has 0 bridgehead atoms. The predicted octanol–water partition coefficient (Wildman–Crippen LogP) is 2.42. The van der Waals surface area contributed by atoms with Gasteiger partial charge in [0.05, 0.1) is 6.42 Å². The minimum atomic E-state index is -0.657. The van der Waals surface area contributed by atoms with Crippen LogP contribution in [0.3, 0.4) is 0 Å². The number of carbonyl (C=O) groups excluding carboxylic acids is 4. The Balaban J connectivity index is 1.30. The summed E-state index contributed by atoms with van der Waals surface area (Å²) in [6.07, 6.45) is 2.58. The number of anilines is 1. The summed E-state index contributed by atoms with van der Waals surface area (Å²) in [5, 5.41) is 6.19. The number of aromatic amines is 1. The number of rotatable bonds is 4. The van der Waals surface area contributed by atoms with Crippen molar-refractivity contribution in [3.8, 4) is 0 Å². The summed E-state index contributed by atoms with van der Waals surface area (Å²) in [4.78, 5) is 53.9. The maximum absolute atomic E-state index is 12.9. The fraction of sp³-hybridized carbons (Fsp3) is 0.250. The van der Waals surface area contributed by atoms with E-state index in [0.29, 0.717) is 24.2 Å². The van der Waals surface area contributed by atoms with Crippen molar-refractivity contribution in [2.45, 2.75) is 38.8 Å².